The van der Waals surface area contributed by atoms with Crippen molar-refractivity contribution < 1.29 is 17.9 Å². The number of anilines is 2. The molecule has 5 nitrogen and oxygen atoms in total. The van der Waals surface area contributed by atoms with Gasteiger partial charge in [-0.1, -0.05) is 40.2 Å². The van der Waals surface area contributed by atoms with Crippen LogP contribution in [0.1, 0.15) is 42.7 Å². The van der Waals surface area contributed by atoms with Crippen LogP contribution in [0, 0.1) is 0 Å². The molecule has 1 aliphatic rings. The number of halogens is 6. The second-order valence-corrected chi connectivity index (χ2v) is 9.52. The molecule has 0 radical (unpaired) electrons. The van der Waals surface area contributed by atoms with Crippen molar-refractivity contribution >= 4 is 63.2 Å². The molecule has 0 saturated heterocycles. The lowest BCUT2D eigenvalue weighted by Gasteiger charge is -2.31. The van der Waals surface area contributed by atoms with E-state index in [0.717, 1.165) is 47.8 Å². The smallest absolute Gasteiger partial charge is 0.405 e. The second-order valence-electron chi connectivity index (χ2n) is 8.61. The summed E-state index contributed by atoms with van der Waals surface area (Å²) in [5, 5.41) is 7.91. The van der Waals surface area contributed by atoms with Gasteiger partial charge in [-0.3, -0.25) is 0 Å². The monoisotopic (exact) mass is 608 g/mol. The topological polar surface area (TPSA) is 72.2 Å². The average Bonchev–Trinajstić information content (AvgIpc) is 2.79. The first-order valence-electron chi connectivity index (χ1n) is 11.4. The van der Waals surface area contributed by atoms with Crippen molar-refractivity contribution in [1.29, 1.82) is 0 Å². The summed E-state index contributed by atoms with van der Waals surface area (Å²) >= 11 is 3.21. The molecule has 0 unspecified atom stereocenters. The maximum absolute atomic E-state index is 12.7. The number of aromatic nitrogens is 1. The highest BCUT2D eigenvalue weighted by Crippen LogP contribution is 2.42. The number of nitrogen functional groups attached to an aromatic ring is 1. The van der Waals surface area contributed by atoms with Crippen LogP contribution in [0.15, 0.2) is 46.9 Å². The third kappa shape index (κ3) is 7.31. The van der Waals surface area contributed by atoms with Gasteiger partial charge in [-0.05, 0) is 68.3 Å². The van der Waals surface area contributed by atoms with E-state index in [9.17, 15) is 13.2 Å². The fourth-order valence-corrected chi connectivity index (χ4v) is 5.22. The maximum Gasteiger partial charge on any atom is 0.573 e. The number of nitrogens with zero attached hydrogens (tertiary/aromatic N) is 1. The molecule has 1 saturated carbocycles. The van der Waals surface area contributed by atoms with Gasteiger partial charge in [0.25, 0.3) is 0 Å². The molecule has 1 aromatic heterocycles. The molecule has 11 heteroatoms. The molecular formula is C25H30BrCl2F3N4O. The van der Waals surface area contributed by atoms with Crippen LogP contribution < -0.4 is 21.1 Å². The van der Waals surface area contributed by atoms with Crippen molar-refractivity contribution in [3.05, 3.63) is 58.1 Å². The molecular weight excluding hydrogens is 580 g/mol. The molecule has 3 aromatic rings. The molecule has 1 heterocycles. The van der Waals surface area contributed by atoms with Gasteiger partial charge in [0.2, 0.25) is 0 Å². The van der Waals surface area contributed by atoms with Crippen LogP contribution in [-0.2, 0) is 6.42 Å². The number of pyridine rings is 1. The van der Waals surface area contributed by atoms with E-state index < -0.39 is 6.36 Å². The van der Waals surface area contributed by atoms with Gasteiger partial charge in [0.1, 0.15) is 11.6 Å². The van der Waals surface area contributed by atoms with Crippen LogP contribution >= 0.6 is 40.7 Å². The van der Waals surface area contributed by atoms with Gasteiger partial charge < -0.3 is 21.1 Å². The molecule has 2 aromatic carbocycles. The summed E-state index contributed by atoms with van der Waals surface area (Å²) in [6, 6.07) is 13.0. The largest absolute Gasteiger partial charge is 0.573 e. The number of benzene rings is 2. The minimum absolute atomic E-state index is 0. The van der Waals surface area contributed by atoms with Gasteiger partial charge in [0, 0.05) is 28.5 Å². The number of nitrogens with one attached hydrogen (secondary N) is 2. The lowest BCUT2D eigenvalue weighted by molar-refractivity contribution is -0.274. The van der Waals surface area contributed by atoms with Crippen LogP contribution in [0.4, 0.5) is 24.7 Å². The normalized spacial score (nSPS) is 17.7. The van der Waals surface area contributed by atoms with E-state index in [0.29, 0.717) is 40.8 Å². The molecule has 198 valence electrons. The van der Waals surface area contributed by atoms with Crippen molar-refractivity contribution in [2.24, 2.45) is 0 Å². The fourth-order valence-electron chi connectivity index (χ4n) is 4.88. The number of nitrogens with two attached hydrogens (primary N) is 1. The summed E-state index contributed by atoms with van der Waals surface area (Å²) in [4.78, 5) is 4.63. The zero-order valence-electron chi connectivity index (χ0n) is 19.7. The van der Waals surface area contributed by atoms with Gasteiger partial charge >= 0.3 is 6.36 Å². The maximum atomic E-state index is 12.7. The Kier molecular flexibility index (Phi) is 11.0. The number of fused-ring (bicyclic) bond motifs is 1. The van der Waals surface area contributed by atoms with Crippen LogP contribution in [0.2, 0.25) is 0 Å². The Morgan fingerprint density at radius 2 is 1.78 bits per heavy atom. The molecule has 1 fully saturated rings. The zero-order valence-corrected chi connectivity index (χ0v) is 22.9. The predicted octanol–water partition coefficient (Wildman–Crippen LogP) is 7.22. The van der Waals surface area contributed by atoms with E-state index in [4.69, 9.17) is 5.73 Å². The SMILES string of the molecule is CNc1c2ccccc2nc(N)c1[C@H]1CC[C@@H](NCCc2ccc(Br)cc2OC(F)(F)F)CC1.Cl.Cl. The zero-order chi connectivity index (χ0) is 24.3. The molecule has 0 amide bonds. The van der Waals surface area contributed by atoms with E-state index in [1.54, 1.807) is 12.1 Å². The van der Waals surface area contributed by atoms with Crippen LogP contribution in [0.3, 0.4) is 0 Å². The fraction of sp³-hybridized carbons (Fsp3) is 0.400. The first-order valence-corrected chi connectivity index (χ1v) is 12.2. The lowest BCUT2D eigenvalue weighted by atomic mass is 9.80. The van der Waals surface area contributed by atoms with Crippen molar-refractivity contribution in [2.45, 2.75) is 50.4 Å². The van der Waals surface area contributed by atoms with Crippen molar-refractivity contribution in [3.8, 4) is 5.75 Å². The van der Waals surface area contributed by atoms with Gasteiger partial charge in [0.05, 0.1) is 11.2 Å². The Labute approximate surface area is 229 Å². The standard InChI is InChI=1S/C25H28BrF3N4O.2ClH/c1-31-23-19-4-2-3-5-20(19)33-24(30)22(23)16-7-10-18(11-8-16)32-13-12-15-6-9-17(26)14-21(15)34-25(27,28)29;;/h2-6,9,14,16,18,32H,7-8,10-13H2,1H3,(H3,30,31,33);2*1H/t16-,18+;;. The van der Waals surface area contributed by atoms with Gasteiger partial charge in [0.15, 0.2) is 0 Å². The summed E-state index contributed by atoms with van der Waals surface area (Å²) in [5.41, 5.74) is 9.92. The minimum atomic E-state index is -4.72. The Hall–Kier alpha value is -1.94. The Balaban J connectivity index is 0.00000228. The van der Waals surface area contributed by atoms with E-state index in [1.807, 2.05) is 25.2 Å². The predicted molar refractivity (Wildman–Crippen MR) is 148 cm³/mol. The third-order valence-corrected chi connectivity index (χ3v) is 6.92. The van der Waals surface area contributed by atoms with E-state index in [-0.39, 0.29) is 30.6 Å². The average molecular weight is 610 g/mol. The number of hydrogen-bond donors (Lipinski definition) is 3. The van der Waals surface area contributed by atoms with E-state index in [2.05, 4.69) is 42.4 Å². The summed E-state index contributed by atoms with van der Waals surface area (Å²) < 4.78 is 43.0. The van der Waals surface area contributed by atoms with Crippen LogP contribution in [0.5, 0.6) is 5.75 Å². The molecule has 0 atom stereocenters. The van der Waals surface area contributed by atoms with Gasteiger partial charge in [-0.15, -0.1) is 38.0 Å². The van der Waals surface area contributed by atoms with Crippen LogP contribution in [0.25, 0.3) is 10.9 Å². The Morgan fingerprint density at radius 1 is 1.08 bits per heavy atom. The Bertz CT molecular complexity index is 1160. The van der Waals surface area contributed by atoms with Crippen molar-refractivity contribution in [1.82, 2.24) is 10.3 Å². The number of para-hydroxylation sites is 1. The molecule has 0 spiro atoms. The molecule has 36 heavy (non-hydrogen) atoms. The summed E-state index contributed by atoms with van der Waals surface area (Å²) in [6.45, 7) is 0.576. The summed E-state index contributed by atoms with van der Waals surface area (Å²) in [5.74, 6) is 0.731. The van der Waals surface area contributed by atoms with E-state index in [1.165, 1.54) is 6.07 Å². The molecule has 0 bridgehead atoms. The van der Waals surface area contributed by atoms with Crippen LogP contribution in [-0.4, -0.2) is 31.0 Å². The number of rotatable bonds is 7. The van der Waals surface area contributed by atoms with E-state index >= 15 is 0 Å². The molecule has 4 N–H and O–H groups in total. The minimum Gasteiger partial charge on any atom is -0.405 e. The van der Waals surface area contributed by atoms with Crippen molar-refractivity contribution in [3.63, 3.8) is 0 Å². The molecule has 1 aliphatic carbocycles. The highest BCUT2D eigenvalue weighted by Gasteiger charge is 2.32. The summed E-state index contributed by atoms with van der Waals surface area (Å²) in [7, 11) is 1.91. The summed E-state index contributed by atoms with van der Waals surface area (Å²) in [6.07, 6.45) is -0.398. The first-order chi connectivity index (χ1) is 16.2. The molecule has 0 aliphatic heterocycles. The van der Waals surface area contributed by atoms with Crippen molar-refractivity contribution in [2.75, 3.05) is 24.6 Å². The quantitative estimate of drug-likeness (QED) is 0.264. The van der Waals surface area contributed by atoms with Gasteiger partial charge in [-0.25, -0.2) is 4.98 Å². The molecule has 4 rings (SSSR count). The third-order valence-electron chi connectivity index (χ3n) is 6.43. The number of ether oxygens (including phenoxy) is 1. The lowest BCUT2D eigenvalue weighted by Crippen LogP contribution is -2.34. The highest BCUT2D eigenvalue weighted by atomic mass is 79.9. The number of hydrogen-bond acceptors (Lipinski definition) is 5. The first kappa shape index (κ1) is 30.3. The highest BCUT2D eigenvalue weighted by molar-refractivity contribution is 9.10. The second kappa shape index (κ2) is 13.0. The number of alkyl halides is 3. The van der Waals surface area contributed by atoms with Gasteiger partial charge in [-0.2, -0.15) is 0 Å². The Morgan fingerprint density at radius 3 is 2.44 bits per heavy atom.